The third-order valence-corrected chi connectivity index (χ3v) is 3.96. The predicted octanol–water partition coefficient (Wildman–Crippen LogP) is 2.00. The van der Waals surface area contributed by atoms with Crippen molar-refractivity contribution >= 4 is 16.9 Å². The zero-order valence-electron chi connectivity index (χ0n) is 13.7. The summed E-state index contributed by atoms with van der Waals surface area (Å²) in [5, 5.41) is 5.07. The van der Waals surface area contributed by atoms with Gasteiger partial charge in [-0.3, -0.25) is 4.79 Å². The second-order valence-electron chi connectivity index (χ2n) is 5.65. The Bertz CT molecular complexity index is 1120. The van der Waals surface area contributed by atoms with Gasteiger partial charge in [0.2, 0.25) is 0 Å². The third-order valence-electron chi connectivity index (χ3n) is 3.96. The van der Waals surface area contributed by atoms with E-state index < -0.39 is 0 Å². The van der Waals surface area contributed by atoms with Gasteiger partial charge in [0, 0.05) is 6.07 Å². The minimum Gasteiger partial charge on any atom is -0.497 e. The number of fused-ring (bicyclic) bond motifs is 1. The topological polar surface area (TPSA) is 115 Å². The number of nitrogens with one attached hydrogen (secondary N) is 2. The summed E-state index contributed by atoms with van der Waals surface area (Å²) in [5.74, 6) is 1.76. The van der Waals surface area contributed by atoms with Crippen molar-refractivity contribution in [2.45, 2.75) is 6.92 Å². The highest BCUT2D eigenvalue weighted by atomic mass is 16.5. The molecule has 0 bridgehead atoms. The number of pyridine rings is 1. The Morgan fingerprint density at radius 3 is 2.60 bits per heavy atom. The van der Waals surface area contributed by atoms with E-state index in [0.29, 0.717) is 22.4 Å². The van der Waals surface area contributed by atoms with E-state index in [-0.39, 0.29) is 11.2 Å². The van der Waals surface area contributed by atoms with E-state index in [1.807, 2.05) is 31.2 Å². The fraction of sp³-hybridized carbons (Fsp3) is 0.118. The molecule has 0 fully saturated rings. The molecular weight excluding hydrogens is 320 g/mol. The molecule has 3 heterocycles. The first kappa shape index (κ1) is 15.0. The summed E-state index contributed by atoms with van der Waals surface area (Å²) in [6, 6.07) is 8.72. The third kappa shape index (κ3) is 2.44. The molecule has 126 valence electrons. The highest BCUT2D eigenvalue weighted by Gasteiger charge is 2.19. The largest absolute Gasteiger partial charge is 0.497 e. The summed E-state index contributed by atoms with van der Waals surface area (Å²) < 4.78 is 6.84. The lowest BCUT2D eigenvalue weighted by Gasteiger charge is -2.05. The molecule has 0 aliphatic heterocycles. The van der Waals surface area contributed by atoms with Crippen molar-refractivity contribution in [3.05, 3.63) is 52.6 Å². The number of methoxy groups -OCH3 is 1. The number of nitrogens with two attached hydrogens (primary N) is 1. The van der Waals surface area contributed by atoms with Crippen LogP contribution in [0.5, 0.6) is 5.75 Å². The number of aromatic nitrogens is 5. The Labute approximate surface area is 142 Å². The summed E-state index contributed by atoms with van der Waals surface area (Å²) in [5.41, 5.74) is 8.12. The van der Waals surface area contributed by atoms with Crippen molar-refractivity contribution in [2.75, 3.05) is 12.8 Å². The van der Waals surface area contributed by atoms with Crippen LogP contribution < -0.4 is 15.9 Å². The number of nitrogens with zero attached hydrogens (tertiary/aromatic N) is 3. The quantitative estimate of drug-likeness (QED) is 0.529. The molecule has 0 unspecified atom stereocenters. The van der Waals surface area contributed by atoms with Gasteiger partial charge in [-0.1, -0.05) is 0 Å². The Hall–Kier alpha value is -3.55. The maximum absolute atomic E-state index is 12.5. The summed E-state index contributed by atoms with van der Waals surface area (Å²) in [6.45, 7) is 1.84. The molecule has 0 aliphatic carbocycles. The zero-order valence-corrected chi connectivity index (χ0v) is 13.7. The van der Waals surface area contributed by atoms with Gasteiger partial charge in [-0.15, -0.1) is 0 Å². The van der Waals surface area contributed by atoms with E-state index >= 15 is 0 Å². The average Bonchev–Trinajstić information content (AvgIpc) is 3.18. The van der Waals surface area contributed by atoms with Gasteiger partial charge in [0.05, 0.1) is 30.1 Å². The average molecular weight is 336 g/mol. The fourth-order valence-corrected chi connectivity index (χ4v) is 2.79. The van der Waals surface area contributed by atoms with Gasteiger partial charge >= 0.3 is 0 Å². The summed E-state index contributed by atoms with van der Waals surface area (Å²) in [6.07, 6.45) is 1.66. The van der Waals surface area contributed by atoms with Crippen LogP contribution >= 0.6 is 0 Å². The van der Waals surface area contributed by atoms with Crippen LogP contribution in [0.15, 0.2) is 41.3 Å². The Morgan fingerprint density at radius 1 is 1.20 bits per heavy atom. The second kappa shape index (κ2) is 5.52. The molecule has 0 atom stereocenters. The van der Waals surface area contributed by atoms with Crippen LogP contribution in [-0.2, 0) is 0 Å². The molecule has 0 amide bonds. The van der Waals surface area contributed by atoms with Gasteiger partial charge in [-0.2, -0.15) is 5.10 Å². The molecule has 4 aromatic rings. The van der Waals surface area contributed by atoms with Crippen molar-refractivity contribution in [2.24, 2.45) is 0 Å². The normalized spacial score (nSPS) is 11.1. The maximum Gasteiger partial charge on any atom is 0.195 e. The lowest BCUT2D eigenvalue weighted by molar-refractivity contribution is 0.414. The fourth-order valence-electron chi connectivity index (χ4n) is 2.79. The molecule has 0 saturated heterocycles. The van der Waals surface area contributed by atoms with Crippen molar-refractivity contribution in [1.29, 1.82) is 0 Å². The van der Waals surface area contributed by atoms with E-state index in [0.717, 1.165) is 17.3 Å². The van der Waals surface area contributed by atoms with E-state index in [1.165, 1.54) is 6.07 Å². The molecule has 8 nitrogen and oxygen atoms in total. The number of imidazole rings is 1. The van der Waals surface area contributed by atoms with Crippen molar-refractivity contribution in [3.63, 3.8) is 0 Å². The van der Waals surface area contributed by atoms with Gasteiger partial charge in [-0.25, -0.2) is 9.67 Å². The lowest BCUT2D eigenvalue weighted by Crippen LogP contribution is -2.06. The molecule has 0 spiro atoms. The van der Waals surface area contributed by atoms with Gasteiger partial charge in [0.1, 0.15) is 28.7 Å². The van der Waals surface area contributed by atoms with Gasteiger partial charge in [0.15, 0.2) is 5.43 Å². The highest BCUT2D eigenvalue weighted by molar-refractivity contribution is 5.91. The molecule has 0 saturated carbocycles. The number of benzene rings is 1. The second-order valence-corrected chi connectivity index (χ2v) is 5.65. The zero-order chi connectivity index (χ0) is 17.6. The minimum atomic E-state index is -0.201. The molecule has 4 N–H and O–H groups in total. The molecule has 4 rings (SSSR count). The Kier molecular flexibility index (Phi) is 3.31. The van der Waals surface area contributed by atoms with E-state index in [4.69, 9.17) is 10.5 Å². The lowest BCUT2D eigenvalue weighted by atomic mass is 10.2. The Morgan fingerprint density at radius 2 is 1.96 bits per heavy atom. The monoisotopic (exact) mass is 336 g/mol. The van der Waals surface area contributed by atoms with Crippen LogP contribution in [-0.4, -0.2) is 31.8 Å². The summed E-state index contributed by atoms with van der Waals surface area (Å²) >= 11 is 0. The molecule has 0 radical (unpaired) electrons. The standard InChI is InChI=1S/C17H16N6O2/c1-9-19-8-12(20-9)16-15-13(24)7-14(18)21-17(15)23(22-16)10-3-5-11(25-2)6-4-10/h3-8H,1-2H3,(H,19,20)(H3,18,21,24). The van der Waals surface area contributed by atoms with Crippen LogP contribution in [0, 0.1) is 6.92 Å². The molecule has 25 heavy (non-hydrogen) atoms. The first-order valence-electron chi connectivity index (χ1n) is 7.65. The number of hydrogen-bond donors (Lipinski definition) is 3. The van der Waals surface area contributed by atoms with Crippen molar-refractivity contribution < 1.29 is 4.74 Å². The Balaban J connectivity index is 2.02. The van der Waals surface area contributed by atoms with E-state index in [9.17, 15) is 4.79 Å². The maximum atomic E-state index is 12.5. The summed E-state index contributed by atoms with van der Waals surface area (Å²) in [4.78, 5) is 22.9. The molecular formula is C17H16N6O2. The molecule has 1 aromatic carbocycles. The molecule has 3 aromatic heterocycles. The van der Waals surface area contributed by atoms with E-state index in [2.05, 4.69) is 20.1 Å². The number of anilines is 1. The van der Waals surface area contributed by atoms with Gasteiger partial charge < -0.3 is 20.4 Å². The van der Waals surface area contributed by atoms with Gasteiger partial charge in [0.25, 0.3) is 0 Å². The first-order valence-corrected chi connectivity index (χ1v) is 7.65. The SMILES string of the molecule is COc1ccc(-n2nc(-c3cnc(C)[nH]3)c3c(=O)cc(N)[nH]c32)cc1. The van der Waals surface area contributed by atoms with Crippen molar-refractivity contribution in [3.8, 4) is 22.8 Å². The van der Waals surface area contributed by atoms with Crippen LogP contribution in [0.2, 0.25) is 0 Å². The number of aryl methyl sites for hydroxylation is 1. The smallest absolute Gasteiger partial charge is 0.195 e. The predicted molar refractivity (Wildman–Crippen MR) is 95.0 cm³/mol. The number of nitrogen functional groups attached to an aromatic ring is 1. The van der Waals surface area contributed by atoms with Crippen LogP contribution in [0.4, 0.5) is 5.82 Å². The highest BCUT2D eigenvalue weighted by Crippen LogP contribution is 2.26. The first-order chi connectivity index (χ1) is 12.1. The number of H-pyrrole nitrogens is 2. The molecule has 8 heteroatoms. The van der Waals surface area contributed by atoms with Crippen molar-refractivity contribution in [1.82, 2.24) is 24.7 Å². The van der Waals surface area contributed by atoms with Crippen LogP contribution in [0.1, 0.15) is 5.82 Å². The number of aromatic amines is 2. The van der Waals surface area contributed by atoms with Crippen LogP contribution in [0.25, 0.3) is 28.1 Å². The number of ether oxygens (including phenoxy) is 1. The van der Waals surface area contributed by atoms with Gasteiger partial charge in [-0.05, 0) is 31.2 Å². The number of hydrogen-bond acceptors (Lipinski definition) is 5. The van der Waals surface area contributed by atoms with E-state index in [1.54, 1.807) is 18.0 Å². The number of rotatable bonds is 3. The van der Waals surface area contributed by atoms with Crippen LogP contribution in [0.3, 0.4) is 0 Å². The minimum absolute atomic E-state index is 0.201. The molecule has 0 aliphatic rings. The summed E-state index contributed by atoms with van der Waals surface area (Å²) in [7, 11) is 1.61.